The van der Waals surface area contributed by atoms with Gasteiger partial charge in [0.2, 0.25) is 0 Å². The molecular weight excluding hydrogens is 536 g/mol. The van der Waals surface area contributed by atoms with Gasteiger partial charge in [-0.3, -0.25) is 9.59 Å². The van der Waals surface area contributed by atoms with Gasteiger partial charge in [0.25, 0.3) is 11.8 Å². The van der Waals surface area contributed by atoms with Crippen LogP contribution in [0.2, 0.25) is 0 Å². The van der Waals surface area contributed by atoms with Gasteiger partial charge in [-0.25, -0.2) is 4.98 Å². The lowest BCUT2D eigenvalue weighted by Gasteiger charge is -2.16. The number of anilines is 2. The average molecular weight is 564 g/mol. The minimum atomic E-state index is -0.259. The van der Waals surface area contributed by atoms with Gasteiger partial charge in [-0.1, -0.05) is 45.8 Å². The second-order valence-corrected chi connectivity index (χ2v) is 11.2. The molecule has 2 aromatic carbocycles. The predicted molar refractivity (Wildman–Crippen MR) is 151 cm³/mol. The van der Waals surface area contributed by atoms with Gasteiger partial charge >= 0.3 is 0 Å². The molecule has 3 N–H and O–H groups in total. The molecule has 184 valence electrons. The molecule has 0 atom stereocenters. The van der Waals surface area contributed by atoms with Crippen molar-refractivity contribution < 1.29 is 9.59 Å². The number of amides is 2. The Labute approximate surface area is 222 Å². The number of hydrogen-bond acceptors (Lipinski definition) is 5. The number of pyridine rings is 1. The summed E-state index contributed by atoms with van der Waals surface area (Å²) in [5.74, 6) is -0.321. The molecule has 0 unspecified atom stereocenters. The first-order chi connectivity index (χ1) is 17.2. The number of carbonyl (C=O) groups is 2. The van der Waals surface area contributed by atoms with E-state index < -0.39 is 0 Å². The molecule has 4 aromatic rings. The van der Waals surface area contributed by atoms with Crippen LogP contribution < -0.4 is 11.1 Å². The lowest BCUT2D eigenvalue weighted by molar-refractivity contribution is 0.0798. The number of aryl methyl sites for hydroxylation is 3. The molecule has 8 heteroatoms. The molecule has 0 aliphatic carbocycles. The molecule has 2 aromatic heterocycles. The van der Waals surface area contributed by atoms with Crippen molar-refractivity contribution in [3.05, 3.63) is 74.2 Å². The number of nitrogen functional groups attached to an aromatic ring is 1. The molecule has 2 amide bonds. The molecule has 1 aliphatic heterocycles. The van der Waals surface area contributed by atoms with Crippen LogP contribution in [-0.2, 0) is 0 Å². The van der Waals surface area contributed by atoms with Crippen LogP contribution in [0.15, 0.2) is 46.9 Å². The quantitative estimate of drug-likeness (QED) is 0.289. The van der Waals surface area contributed by atoms with E-state index in [1.807, 2.05) is 68.1 Å². The Hall–Kier alpha value is -3.23. The highest BCUT2D eigenvalue weighted by atomic mass is 79.9. The average Bonchev–Trinajstić information content (AvgIpc) is 3.49. The van der Waals surface area contributed by atoms with E-state index in [4.69, 9.17) is 10.7 Å². The molecule has 36 heavy (non-hydrogen) atoms. The van der Waals surface area contributed by atoms with E-state index in [9.17, 15) is 9.59 Å². The molecule has 5 rings (SSSR count). The number of rotatable bonds is 4. The van der Waals surface area contributed by atoms with Crippen LogP contribution in [0.5, 0.6) is 0 Å². The van der Waals surface area contributed by atoms with Crippen LogP contribution in [0.1, 0.15) is 49.7 Å². The van der Waals surface area contributed by atoms with Crippen LogP contribution in [0, 0.1) is 20.8 Å². The summed E-state index contributed by atoms with van der Waals surface area (Å²) in [6.45, 7) is 7.30. The summed E-state index contributed by atoms with van der Waals surface area (Å²) in [7, 11) is 0. The number of nitrogens with one attached hydrogen (secondary N) is 1. The first kappa shape index (κ1) is 24.5. The predicted octanol–water partition coefficient (Wildman–Crippen LogP) is 6.72. The van der Waals surface area contributed by atoms with E-state index in [2.05, 4.69) is 21.2 Å². The minimum Gasteiger partial charge on any atom is -0.397 e. The lowest BCUT2D eigenvalue weighted by atomic mass is 9.94. The van der Waals surface area contributed by atoms with E-state index in [-0.39, 0.29) is 11.8 Å². The SMILES string of the molecule is Cc1ccc(NC(=O)c2c(C)nc3sc(C(=O)N4CCCC4)c(N)c3c2-c2ccc(Br)cc2)c(C)c1. The number of halogens is 1. The van der Waals surface area contributed by atoms with Crippen molar-refractivity contribution in [1.82, 2.24) is 9.88 Å². The summed E-state index contributed by atoms with van der Waals surface area (Å²) >= 11 is 4.80. The van der Waals surface area contributed by atoms with E-state index in [1.54, 1.807) is 0 Å². The number of likely N-dealkylation sites (tertiary alicyclic amines) is 1. The zero-order chi connectivity index (χ0) is 25.6. The maximum atomic E-state index is 13.8. The monoisotopic (exact) mass is 562 g/mol. The number of hydrogen-bond donors (Lipinski definition) is 2. The third kappa shape index (κ3) is 4.40. The summed E-state index contributed by atoms with van der Waals surface area (Å²) in [5, 5.41) is 3.73. The molecule has 1 saturated heterocycles. The van der Waals surface area contributed by atoms with Gasteiger partial charge < -0.3 is 16.0 Å². The van der Waals surface area contributed by atoms with Crippen LogP contribution in [0.25, 0.3) is 21.3 Å². The largest absolute Gasteiger partial charge is 0.397 e. The van der Waals surface area contributed by atoms with Gasteiger partial charge in [0.15, 0.2) is 0 Å². The highest BCUT2D eigenvalue weighted by Gasteiger charge is 2.29. The first-order valence-electron chi connectivity index (χ1n) is 11.9. The Kier molecular flexibility index (Phi) is 6.57. The number of benzene rings is 2. The van der Waals surface area contributed by atoms with Crippen molar-refractivity contribution in [3.8, 4) is 11.1 Å². The van der Waals surface area contributed by atoms with E-state index in [1.165, 1.54) is 11.3 Å². The van der Waals surface area contributed by atoms with Crippen molar-refractivity contribution >= 4 is 60.7 Å². The summed E-state index contributed by atoms with van der Waals surface area (Å²) in [6, 6.07) is 13.7. The third-order valence-electron chi connectivity index (χ3n) is 6.64. The smallest absolute Gasteiger partial charge is 0.266 e. The van der Waals surface area contributed by atoms with Gasteiger partial charge in [0.1, 0.15) is 9.71 Å². The minimum absolute atomic E-state index is 0.0614. The van der Waals surface area contributed by atoms with Gasteiger partial charge in [-0.2, -0.15) is 0 Å². The summed E-state index contributed by atoms with van der Waals surface area (Å²) in [4.78, 5) is 34.8. The maximum Gasteiger partial charge on any atom is 0.266 e. The van der Waals surface area contributed by atoms with Crippen molar-refractivity contribution in [2.24, 2.45) is 0 Å². The van der Waals surface area contributed by atoms with Crippen LogP contribution >= 0.6 is 27.3 Å². The number of carbonyl (C=O) groups excluding carboxylic acids is 2. The Morgan fingerprint density at radius 3 is 2.42 bits per heavy atom. The topological polar surface area (TPSA) is 88.3 Å². The zero-order valence-corrected chi connectivity index (χ0v) is 22.8. The van der Waals surface area contributed by atoms with Crippen molar-refractivity contribution in [1.29, 1.82) is 0 Å². The molecule has 0 radical (unpaired) electrons. The Bertz CT molecular complexity index is 1500. The Balaban J connectivity index is 1.71. The molecule has 3 heterocycles. The second kappa shape index (κ2) is 9.67. The fourth-order valence-electron chi connectivity index (χ4n) is 4.81. The van der Waals surface area contributed by atoms with Crippen molar-refractivity contribution in [2.75, 3.05) is 24.1 Å². The maximum absolute atomic E-state index is 13.8. The molecular formula is C28H27BrN4O2S. The lowest BCUT2D eigenvalue weighted by Crippen LogP contribution is -2.27. The summed E-state index contributed by atoms with van der Waals surface area (Å²) < 4.78 is 0.928. The fourth-order valence-corrected chi connectivity index (χ4v) is 6.19. The number of nitrogens with zero attached hydrogens (tertiary/aromatic N) is 2. The molecule has 0 bridgehead atoms. The first-order valence-corrected chi connectivity index (χ1v) is 13.5. The normalized spacial score (nSPS) is 13.4. The summed E-state index contributed by atoms with van der Waals surface area (Å²) in [6.07, 6.45) is 2.00. The zero-order valence-electron chi connectivity index (χ0n) is 20.4. The standard InChI is InChI=1S/C28H27BrN4O2S/c1-15-6-11-20(16(2)14-15)32-26(34)21-17(3)31-27-23(22(21)18-7-9-19(29)10-8-18)24(30)25(36-27)28(35)33-12-4-5-13-33/h6-11,14H,4-5,12-13,30H2,1-3H3,(H,32,34). The number of thiophene rings is 1. The van der Waals surface area contributed by atoms with E-state index in [0.717, 1.165) is 52.8 Å². The molecule has 6 nitrogen and oxygen atoms in total. The Morgan fingerprint density at radius 1 is 1.06 bits per heavy atom. The highest BCUT2D eigenvalue weighted by molar-refractivity contribution is 9.10. The van der Waals surface area contributed by atoms with Gasteiger partial charge in [0.05, 0.1) is 16.9 Å². The molecule has 0 saturated carbocycles. The molecule has 1 aliphatic rings. The number of nitrogens with two attached hydrogens (primary N) is 1. The van der Waals surface area contributed by atoms with Gasteiger partial charge in [0, 0.05) is 34.2 Å². The van der Waals surface area contributed by atoms with E-state index in [0.29, 0.717) is 37.6 Å². The van der Waals surface area contributed by atoms with Crippen molar-refractivity contribution in [3.63, 3.8) is 0 Å². The van der Waals surface area contributed by atoms with Crippen LogP contribution in [0.4, 0.5) is 11.4 Å². The second-order valence-electron chi connectivity index (χ2n) is 9.25. The van der Waals surface area contributed by atoms with Crippen LogP contribution in [0.3, 0.4) is 0 Å². The van der Waals surface area contributed by atoms with Gasteiger partial charge in [-0.15, -0.1) is 11.3 Å². The molecule has 1 fully saturated rings. The van der Waals surface area contributed by atoms with Crippen molar-refractivity contribution in [2.45, 2.75) is 33.6 Å². The summed E-state index contributed by atoms with van der Waals surface area (Å²) in [5.41, 5.74) is 12.5. The number of aromatic nitrogens is 1. The van der Waals surface area contributed by atoms with E-state index >= 15 is 0 Å². The number of fused-ring (bicyclic) bond motifs is 1. The highest BCUT2D eigenvalue weighted by Crippen LogP contribution is 2.43. The van der Waals surface area contributed by atoms with Gasteiger partial charge in [-0.05, 0) is 62.9 Å². The third-order valence-corrected chi connectivity index (χ3v) is 8.25. The Morgan fingerprint density at radius 2 is 1.75 bits per heavy atom. The van der Waals surface area contributed by atoms with Crippen LogP contribution in [-0.4, -0.2) is 34.8 Å². The fraction of sp³-hybridized carbons (Fsp3) is 0.250. The molecule has 0 spiro atoms.